The molecule has 174 valence electrons. The predicted octanol–water partition coefficient (Wildman–Crippen LogP) is 4.29. The van der Waals surface area contributed by atoms with Crippen molar-refractivity contribution < 1.29 is 28.6 Å². The summed E-state index contributed by atoms with van der Waals surface area (Å²) in [6.45, 7) is 9.26. The molecule has 0 aromatic rings. The topological polar surface area (TPSA) is 78.9 Å². The first kappa shape index (κ1) is 22.6. The van der Waals surface area contributed by atoms with Crippen LogP contribution >= 0.6 is 0 Å². The lowest BCUT2D eigenvalue weighted by Gasteiger charge is -2.66. The zero-order valence-electron chi connectivity index (χ0n) is 19.7. The van der Waals surface area contributed by atoms with Gasteiger partial charge in [0.15, 0.2) is 0 Å². The van der Waals surface area contributed by atoms with Crippen molar-refractivity contribution in [3.8, 4) is 0 Å². The van der Waals surface area contributed by atoms with Crippen molar-refractivity contribution in [2.75, 3.05) is 13.7 Å². The van der Waals surface area contributed by atoms with Crippen LogP contribution in [0.1, 0.15) is 79.1 Å². The molecular weight excluding hydrogens is 396 g/mol. The summed E-state index contributed by atoms with van der Waals surface area (Å²) in [5.41, 5.74) is -0.471. The van der Waals surface area contributed by atoms with Gasteiger partial charge in [-0.2, -0.15) is 0 Å². The maximum atomic E-state index is 13.1. The second-order valence-corrected chi connectivity index (χ2v) is 11.3. The van der Waals surface area contributed by atoms with E-state index in [-0.39, 0.29) is 41.3 Å². The fourth-order valence-electron chi connectivity index (χ4n) is 8.28. The maximum Gasteiger partial charge on any atom is 0.310 e. The lowest BCUT2D eigenvalue weighted by Crippen LogP contribution is -2.67. The minimum absolute atomic E-state index is 0.0305. The van der Waals surface area contributed by atoms with E-state index < -0.39 is 23.4 Å². The van der Waals surface area contributed by atoms with Crippen LogP contribution in [0.4, 0.5) is 0 Å². The molecule has 6 heteroatoms. The number of methoxy groups -OCH3 is 1. The van der Waals surface area contributed by atoms with Gasteiger partial charge in [-0.15, -0.1) is 0 Å². The van der Waals surface area contributed by atoms with Gasteiger partial charge in [-0.3, -0.25) is 14.4 Å². The number of fused-ring (bicyclic) bond motifs is 2. The second kappa shape index (κ2) is 7.77. The van der Waals surface area contributed by atoms with Crippen LogP contribution < -0.4 is 0 Å². The molecule has 6 nitrogen and oxygen atoms in total. The number of esters is 3. The first-order chi connectivity index (χ1) is 14.6. The van der Waals surface area contributed by atoms with E-state index in [1.165, 1.54) is 7.11 Å². The number of hydrogen-bond acceptors (Lipinski definition) is 6. The Balaban J connectivity index is 1.83. The Morgan fingerprint density at radius 3 is 2.55 bits per heavy atom. The van der Waals surface area contributed by atoms with Crippen LogP contribution in [0.25, 0.3) is 0 Å². The molecule has 4 fully saturated rings. The smallest absolute Gasteiger partial charge is 0.310 e. The summed E-state index contributed by atoms with van der Waals surface area (Å²) in [6, 6.07) is 0. The van der Waals surface area contributed by atoms with Gasteiger partial charge >= 0.3 is 17.9 Å². The van der Waals surface area contributed by atoms with Crippen LogP contribution in [0.3, 0.4) is 0 Å². The highest BCUT2D eigenvalue weighted by molar-refractivity contribution is 5.85. The minimum atomic E-state index is -0.643. The summed E-state index contributed by atoms with van der Waals surface area (Å²) in [7, 11) is 1.38. The van der Waals surface area contributed by atoms with Crippen LogP contribution in [0.15, 0.2) is 0 Å². The van der Waals surface area contributed by atoms with Crippen molar-refractivity contribution in [2.45, 2.75) is 85.2 Å². The van der Waals surface area contributed by atoms with Crippen molar-refractivity contribution in [3.63, 3.8) is 0 Å². The molecule has 4 aliphatic rings. The van der Waals surface area contributed by atoms with Gasteiger partial charge in [-0.25, -0.2) is 0 Å². The molecule has 0 N–H and O–H groups in total. The van der Waals surface area contributed by atoms with Crippen LogP contribution in [0.2, 0.25) is 0 Å². The molecule has 7 unspecified atom stereocenters. The van der Waals surface area contributed by atoms with Crippen LogP contribution in [0.5, 0.6) is 0 Å². The summed E-state index contributed by atoms with van der Waals surface area (Å²) in [5.74, 6) is -1.44. The molecule has 7 atom stereocenters. The molecule has 1 heterocycles. The van der Waals surface area contributed by atoms with Gasteiger partial charge in [0.1, 0.15) is 12.7 Å². The van der Waals surface area contributed by atoms with E-state index in [2.05, 4.69) is 20.8 Å². The highest BCUT2D eigenvalue weighted by atomic mass is 16.6. The third-order valence-corrected chi connectivity index (χ3v) is 9.47. The molecule has 3 saturated carbocycles. The van der Waals surface area contributed by atoms with E-state index in [1.807, 2.05) is 6.92 Å². The lowest BCUT2D eigenvalue weighted by atomic mass is 9.38. The molecule has 3 aliphatic carbocycles. The Morgan fingerprint density at radius 2 is 1.87 bits per heavy atom. The number of cyclic esters (lactones) is 1. The number of carbonyl (C=O) groups is 3. The Morgan fingerprint density at radius 1 is 1.13 bits per heavy atom. The summed E-state index contributed by atoms with van der Waals surface area (Å²) >= 11 is 0. The monoisotopic (exact) mass is 434 g/mol. The van der Waals surface area contributed by atoms with Gasteiger partial charge in [0.25, 0.3) is 0 Å². The second-order valence-electron chi connectivity index (χ2n) is 11.3. The number of carbonyl (C=O) groups excluding carboxylic acids is 3. The summed E-state index contributed by atoms with van der Waals surface area (Å²) in [4.78, 5) is 38.4. The molecule has 0 amide bonds. The first-order valence-electron chi connectivity index (χ1n) is 12.1. The summed E-state index contributed by atoms with van der Waals surface area (Å²) in [6.07, 6.45) is 6.29. The normalized spacial score (nSPS) is 43.1. The van der Waals surface area contributed by atoms with Crippen molar-refractivity contribution in [1.82, 2.24) is 0 Å². The molecular formula is C25H38O6. The predicted molar refractivity (Wildman–Crippen MR) is 114 cm³/mol. The third kappa shape index (κ3) is 3.22. The maximum absolute atomic E-state index is 13.1. The van der Waals surface area contributed by atoms with E-state index in [1.54, 1.807) is 0 Å². The van der Waals surface area contributed by atoms with E-state index >= 15 is 0 Å². The molecule has 31 heavy (non-hydrogen) atoms. The van der Waals surface area contributed by atoms with Crippen LogP contribution in [0, 0.1) is 39.9 Å². The van der Waals surface area contributed by atoms with Crippen molar-refractivity contribution in [1.29, 1.82) is 0 Å². The molecule has 1 saturated heterocycles. The number of rotatable bonds is 4. The zero-order chi connectivity index (χ0) is 22.6. The Kier molecular flexibility index (Phi) is 5.66. The molecule has 1 spiro atoms. The van der Waals surface area contributed by atoms with Gasteiger partial charge in [0, 0.05) is 6.42 Å². The van der Waals surface area contributed by atoms with Crippen LogP contribution in [-0.2, 0) is 28.6 Å². The molecule has 0 aromatic carbocycles. The molecule has 0 bridgehead atoms. The SMILES string of the molecule is CCCC(=O)OC1CC2C(C)(C)CCCC2(C)C2CCC(C(=O)OC)C3C(=O)OCC132. The van der Waals surface area contributed by atoms with E-state index in [0.717, 1.165) is 38.5 Å². The van der Waals surface area contributed by atoms with E-state index in [0.29, 0.717) is 18.8 Å². The molecule has 0 radical (unpaired) electrons. The average molecular weight is 435 g/mol. The largest absolute Gasteiger partial charge is 0.469 e. The zero-order valence-corrected chi connectivity index (χ0v) is 19.7. The Bertz CT molecular complexity index is 759. The fraction of sp³-hybridized carbons (Fsp3) is 0.880. The average Bonchev–Trinajstić information content (AvgIpc) is 3.06. The Hall–Kier alpha value is -1.59. The van der Waals surface area contributed by atoms with Gasteiger partial charge in [0.2, 0.25) is 0 Å². The Labute approximate surface area is 185 Å². The summed E-state index contributed by atoms with van der Waals surface area (Å²) in [5, 5.41) is 0. The van der Waals surface area contributed by atoms with E-state index in [4.69, 9.17) is 14.2 Å². The molecule has 0 aromatic heterocycles. The van der Waals surface area contributed by atoms with E-state index in [9.17, 15) is 14.4 Å². The minimum Gasteiger partial charge on any atom is -0.469 e. The standard InChI is InChI=1S/C25H38O6/c1-6-8-19(26)31-18-13-17-23(2,3)11-7-12-24(17,4)16-10-9-15(21(27)29-5)20-22(28)30-14-25(16,18)20/h15-18,20H,6-14H2,1-5H3. The van der Waals surface area contributed by atoms with Crippen molar-refractivity contribution in [2.24, 2.45) is 39.9 Å². The number of ether oxygens (including phenoxy) is 3. The lowest BCUT2D eigenvalue weighted by molar-refractivity contribution is -0.232. The van der Waals surface area contributed by atoms with Crippen LogP contribution in [-0.4, -0.2) is 37.7 Å². The van der Waals surface area contributed by atoms with Crippen molar-refractivity contribution >= 4 is 17.9 Å². The van der Waals surface area contributed by atoms with Gasteiger partial charge in [0.05, 0.1) is 24.4 Å². The highest BCUT2D eigenvalue weighted by Crippen LogP contribution is 2.71. The summed E-state index contributed by atoms with van der Waals surface area (Å²) < 4.78 is 17.0. The quantitative estimate of drug-likeness (QED) is 0.485. The van der Waals surface area contributed by atoms with Gasteiger partial charge in [-0.05, 0) is 61.2 Å². The van der Waals surface area contributed by atoms with Gasteiger partial charge < -0.3 is 14.2 Å². The first-order valence-corrected chi connectivity index (χ1v) is 12.1. The highest BCUT2D eigenvalue weighted by Gasteiger charge is 2.73. The fourth-order valence-corrected chi connectivity index (χ4v) is 8.28. The van der Waals surface area contributed by atoms with Crippen molar-refractivity contribution in [3.05, 3.63) is 0 Å². The number of hydrogen-bond donors (Lipinski definition) is 0. The molecule has 4 rings (SSSR count). The van der Waals surface area contributed by atoms with Gasteiger partial charge in [-0.1, -0.05) is 34.1 Å². The molecule has 1 aliphatic heterocycles. The third-order valence-electron chi connectivity index (χ3n) is 9.47.